The molecule has 0 unspecified atom stereocenters. The van der Waals surface area contributed by atoms with Crippen molar-refractivity contribution in [2.24, 2.45) is 0 Å². The maximum Gasteiger partial charge on any atom is 0.258 e. The number of benzene rings is 1. The molecular weight excluding hydrogens is 278 g/mol. The van der Waals surface area contributed by atoms with Crippen molar-refractivity contribution in [2.75, 3.05) is 24.3 Å². The Bertz CT molecular complexity index is 837. The highest BCUT2D eigenvalue weighted by molar-refractivity contribution is 6.10. The number of carbonyl (C=O) groups is 1. The molecule has 1 aromatic carbocycles. The summed E-state index contributed by atoms with van der Waals surface area (Å²) in [4.78, 5) is 18.4. The fourth-order valence-electron chi connectivity index (χ4n) is 2.38. The number of aryl methyl sites for hydroxylation is 1. The highest BCUT2D eigenvalue weighted by atomic mass is 16.1. The minimum Gasteiger partial charge on any atom is -0.377 e. The Morgan fingerprint density at radius 3 is 2.82 bits per heavy atom. The van der Waals surface area contributed by atoms with Crippen LogP contribution in [0, 0.1) is 6.92 Å². The van der Waals surface area contributed by atoms with Gasteiger partial charge in [0.25, 0.3) is 5.91 Å². The molecular formula is C16H17N5O. The number of rotatable bonds is 3. The Hall–Kier alpha value is -2.89. The van der Waals surface area contributed by atoms with E-state index in [0.29, 0.717) is 11.4 Å². The predicted molar refractivity (Wildman–Crippen MR) is 87.3 cm³/mol. The van der Waals surface area contributed by atoms with Crippen molar-refractivity contribution in [3.05, 3.63) is 47.8 Å². The second kappa shape index (κ2) is 5.48. The van der Waals surface area contributed by atoms with Gasteiger partial charge in [-0.2, -0.15) is 5.10 Å². The van der Waals surface area contributed by atoms with Crippen molar-refractivity contribution in [2.45, 2.75) is 6.92 Å². The number of aromatic nitrogens is 3. The Kier molecular flexibility index (Phi) is 3.50. The van der Waals surface area contributed by atoms with Crippen LogP contribution in [0.1, 0.15) is 15.9 Å². The molecule has 6 nitrogen and oxygen atoms in total. The standard InChI is InChI=1S/C16H17N5O/c1-10-7-11(9-17-8-10)16(22)18-15-14-12(19-20-15)5-4-6-13(14)21(2)3/h4-9H,1-3H3,(H2,18,19,20,22). The highest BCUT2D eigenvalue weighted by Gasteiger charge is 2.15. The summed E-state index contributed by atoms with van der Waals surface area (Å²) in [6.07, 6.45) is 3.26. The lowest BCUT2D eigenvalue weighted by atomic mass is 10.2. The van der Waals surface area contributed by atoms with Gasteiger partial charge in [0.1, 0.15) is 0 Å². The van der Waals surface area contributed by atoms with E-state index in [4.69, 9.17) is 0 Å². The summed E-state index contributed by atoms with van der Waals surface area (Å²) in [6, 6.07) is 7.66. The maximum absolute atomic E-state index is 12.4. The fourth-order valence-corrected chi connectivity index (χ4v) is 2.38. The van der Waals surface area contributed by atoms with Gasteiger partial charge in [-0.05, 0) is 30.7 Å². The molecule has 2 N–H and O–H groups in total. The van der Waals surface area contributed by atoms with E-state index in [1.165, 1.54) is 0 Å². The number of carbonyl (C=O) groups excluding carboxylic acids is 1. The van der Waals surface area contributed by atoms with Crippen LogP contribution in [0.4, 0.5) is 11.5 Å². The number of hydrogen-bond donors (Lipinski definition) is 2. The van der Waals surface area contributed by atoms with E-state index in [0.717, 1.165) is 22.2 Å². The normalized spacial score (nSPS) is 10.7. The minimum absolute atomic E-state index is 0.224. The average molecular weight is 295 g/mol. The van der Waals surface area contributed by atoms with Crippen molar-refractivity contribution < 1.29 is 4.79 Å². The van der Waals surface area contributed by atoms with Crippen LogP contribution in [0.3, 0.4) is 0 Å². The van der Waals surface area contributed by atoms with E-state index in [1.54, 1.807) is 18.5 Å². The lowest BCUT2D eigenvalue weighted by Crippen LogP contribution is -2.14. The van der Waals surface area contributed by atoms with Crippen LogP contribution < -0.4 is 10.2 Å². The van der Waals surface area contributed by atoms with E-state index in [2.05, 4.69) is 20.5 Å². The van der Waals surface area contributed by atoms with E-state index in [9.17, 15) is 4.79 Å². The molecule has 0 spiro atoms. The second-order valence-corrected chi connectivity index (χ2v) is 5.37. The molecule has 0 aliphatic carbocycles. The third kappa shape index (κ3) is 2.50. The average Bonchev–Trinajstić information content (AvgIpc) is 2.90. The molecule has 0 aliphatic rings. The lowest BCUT2D eigenvalue weighted by Gasteiger charge is -2.14. The molecule has 2 aromatic heterocycles. The predicted octanol–water partition coefficient (Wildman–Crippen LogP) is 2.58. The lowest BCUT2D eigenvalue weighted by molar-refractivity contribution is 0.102. The molecule has 2 heterocycles. The molecule has 0 aliphatic heterocycles. The number of aromatic amines is 1. The molecule has 3 rings (SSSR count). The number of pyridine rings is 1. The molecule has 0 radical (unpaired) electrons. The van der Waals surface area contributed by atoms with Gasteiger partial charge in [-0.1, -0.05) is 6.07 Å². The molecule has 6 heteroatoms. The zero-order chi connectivity index (χ0) is 15.7. The van der Waals surface area contributed by atoms with Gasteiger partial charge in [0.2, 0.25) is 0 Å². The summed E-state index contributed by atoms with van der Waals surface area (Å²) < 4.78 is 0. The molecule has 112 valence electrons. The minimum atomic E-state index is -0.224. The van der Waals surface area contributed by atoms with Gasteiger partial charge in [0.15, 0.2) is 5.82 Å². The van der Waals surface area contributed by atoms with Crippen LogP contribution in [0.5, 0.6) is 0 Å². The first kappa shape index (κ1) is 14.1. The fraction of sp³-hybridized carbons (Fsp3) is 0.188. The number of nitrogens with zero attached hydrogens (tertiary/aromatic N) is 3. The zero-order valence-electron chi connectivity index (χ0n) is 12.7. The molecule has 0 atom stereocenters. The number of amides is 1. The molecule has 0 fully saturated rings. The van der Waals surface area contributed by atoms with Crippen LogP contribution in [0.25, 0.3) is 10.9 Å². The number of fused-ring (bicyclic) bond motifs is 1. The Morgan fingerprint density at radius 1 is 1.27 bits per heavy atom. The van der Waals surface area contributed by atoms with Crippen molar-refractivity contribution in [1.82, 2.24) is 15.2 Å². The summed E-state index contributed by atoms with van der Waals surface area (Å²) in [7, 11) is 3.91. The van der Waals surface area contributed by atoms with E-state index < -0.39 is 0 Å². The first-order valence-corrected chi connectivity index (χ1v) is 6.93. The third-order valence-corrected chi connectivity index (χ3v) is 3.42. The summed E-state index contributed by atoms with van der Waals surface area (Å²) in [5, 5.41) is 10.9. The highest BCUT2D eigenvalue weighted by Crippen LogP contribution is 2.30. The van der Waals surface area contributed by atoms with E-state index >= 15 is 0 Å². The van der Waals surface area contributed by atoms with Crippen LogP contribution in [0.15, 0.2) is 36.7 Å². The number of anilines is 2. The van der Waals surface area contributed by atoms with Crippen LogP contribution in [-0.4, -0.2) is 35.2 Å². The van der Waals surface area contributed by atoms with Gasteiger partial charge in [-0.3, -0.25) is 14.9 Å². The van der Waals surface area contributed by atoms with E-state index in [1.807, 2.05) is 44.1 Å². The Morgan fingerprint density at radius 2 is 2.09 bits per heavy atom. The molecule has 0 saturated heterocycles. The van der Waals surface area contributed by atoms with Gasteiger partial charge in [0, 0.05) is 32.2 Å². The first-order valence-electron chi connectivity index (χ1n) is 6.93. The Balaban J connectivity index is 1.99. The molecule has 0 saturated carbocycles. The molecule has 3 aromatic rings. The Labute approximate surface area is 128 Å². The maximum atomic E-state index is 12.4. The topological polar surface area (TPSA) is 73.9 Å². The van der Waals surface area contributed by atoms with Gasteiger partial charge < -0.3 is 10.2 Å². The van der Waals surface area contributed by atoms with E-state index in [-0.39, 0.29) is 5.91 Å². The van der Waals surface area contributed by atoms with Gasteiger partial charge in [-0.15, -0.1) is 0 Å². The van der Waals surface area contributed by atoms with Crippen molar-refractivity contribution in [3.63, 3.8) is 0 Å². The summed E-state index contributed by atoms with van der Waals surface area (Å²) in [5.74, 6) is 0.295. The third-order valence-electron chi connectivity index (χ3n) is 3.42. The quantitative estimate of drug-likeness (QED) is 0.779. The smallest absolute Gasteiger partial charge is 0.258 e. The SMILES string of the molecule is Cc1cncc(C(=O)Nc2n[nH]c3cccc(N(C)C)c23)c1. The molecule has 22 heavy (non-hydrogen) atoms. The van der Waals surface area contributed by atoms with Gasteiger partial charge in [-0.25, -0.2) is 0 Å². The van der Waals surface area contributed by atoms with Crippen LogP contribution in [0.2, 0.25) is 0 Å². The summed E-state index contributed by atoms with van der Waals surface area (Å²) in [6.45, 7) is 1.90. The van der Waals surface area contributed by atoms with Crippen LogP contribution in [-0.2, 0) is 0 Å². The summed E-state index contributed by atoms with van der Waals surface area (Å²) >= 11 is 0. The van der Waals surface area contributed by atoms with Crippen LogP contribution >= 0.6 is 0 Å². The van der Waals surface area contributed by atoms with Crippen molar-refractivity contribution in [1.29, 1.82) is 0 Å². The number of nitrogens with one attached hydrogen (secondary N) is 2. The van der Waals surface area contributed by atoms with Gasteiger partial charge >= 0.3 is 0 Å². The molecule has 0 bridgehead atoms. The van der Waals surface area contributed by atoms with Gasteiger partial charge in [0.05, 0.1) is 16.5 Å². The van der Waals surface area contributed by atoms with Crippen molar-refractivity contribution >= 4 is 28.3 Å². The number of H-pyrrole nitrogens is 1. The first-order chi connectivity index (χ1) is 10.6. The second-order valence-electron chi connectivity index (χ2n) is 5.37. The largest absolute Gasteiger partial charge is 0.377 e. The number of hydrogen-bond acceptors (Lipinski definition) is 4. The monoisotopic (exact) mass is 295 g/mol. The molecule has 1 amide bonds. The summed E-state index contributed by atoms with van der Waals surface area (Å²) in [5.41, 5.74) is 3.32. The van der Waals surface area contributed by atoms with Crippen molar-refractivity contribution in [3.8, 4) is 0 Å². The zero-order valence-corrected chi connectivity index (χ0v) is 12.7.